The van der Waals surface area contributed by atoms with E-state index in [1.807, 2.05) is 0 Å². The highest BCUT2D eigenvalue weighted by Crippen LogP contribution is 2.20. The summed E-state index contributed by atoms with van der Waals surface area (Å²) in [6, 6.07) is 4.95. The molecule has 2 rings (SSSR count). The first-order valence-corrected chi connectivity index (χ1v) is 6.43. The Morgan fingerprint density at radius 2 is 2.05 bits per heavy atom. The van der Waals surface area contributed by atoms with Crippen LogP contribution in [0.1, 0.15) is 31.4 Å². The van der Waals surface area contributed by atoms with Gasteiger partial charge in [-0.1, -0.05) is 12.1 Å². The van der Waals surface area contributed by atoms with Crippen molar-refractivity contribution in [2.24, 2.45) is 0 Å². The number of thiazole rings is 1. The third-order valence-electron chi connectivity index (χ3n) is 2.59. The van der Waals surface area contributed by atoms with E-state index in [4.69, 9.17) is 5.11 Å². The molecule has 1 aromatic heterocycles. The summed E-state index contributed by atoms with van der Waals surface area (Å²) in [6.45, 7) is 3.49. The number of benzene rings is 1. The zero-order valence-electron chi connectivity index (χ0n) is 10.4. The second-order valence-electron chi connectivity index (χ2n) is 4.01. The summed E-state index contributed by atoms with van der Waals surface area (Å²) in [5.41, 5.74) is 1.27. The fourth-order valence-corrected chi connectivity index (χ4v) is 2.30. The number of carbonyl (C=O) groups is 2. The van der Waals surface area contributed by atoms with E-state index >= 15 is 0 Å². The maximum absolute atomic E-state index is 12.0. The van der Waals surface area contributed by atoms with Gasteiger partial charge in [-0.2, -0.15) is 0 Å². The number of hydrogen-bond donors (Lipinski definition) is 2. The molecule has 0 atom stereocenters. The Balaban J connectivity index is 2.31. The number of carbonyl (C=O) groups excluding carboxylic acids is 1. The van der Waals surface area contributed by atoms with Gasteiger partial charge < -0.3 is 10.4 Å². The third-order valence-corrected chi connectivity index (χ3v) is 3.36. The summed E-state index contributed by atoms with van der Waals surface area (Å²) in [5.74, 6) is -1.47. The fraction of sp³-hybridized carbons (Fsp3) is 0.154. The van der Waals surface area contributed by atoms with Gasteiger partial charge in [-0.3, -0.25) is 4.79 Å². The summed E-state index contributed by atoms with van der Waals surface area (Å²) in [6.07, 6.45) is 0. The maximum atomic E-state index is 12.0. The van der Waals surface area contributed by atoms with Gasteiger partial charge in [0.2, 0.25) is 0 Å². The molecule has 19 heavy (non-hydrogen) atoms. The van der Waals surface area contributed by atoms with Crippen molar-refractivity contribution in [1.29, 1.82) is 0 Å². The first-order valence-electron chi connectivity index (χ1n) is 5.55. The molecule has 0 fully saturated rings. The van der Waals surface area contributed by atoms with E-state index in [-0.39, 0.29) is 11.3 Å². The van der Waals surface area contributed by atoms with Gasteiger partial charge in [-0.05, 0) is 25.5 Å². The van der Waals surface area contributed by atoms with Gasteiger partial charge in [0.15, 0.2) is 0 Å². The number of aryl methyl sites for hydroxylation is 2. The molecule has 0 spiro atoms. The van der Waals surface area contributed by atoms with Crippen LogP contribution in [0.3, 0.4) is 0 Å². The molecule has 0 radical (unpaired) electrons. The molecular formula is C13H12N2O3S. The fourth-order valence-electron chi connectivity index (χ4n) is 1.71. The molecular weight excluding hydrogens is 264 g/mol. The van der Waals surface area contributed by atoms with Gasteiger partial charge in [0.25, 0.3) is 5.91 Å². The maximum Gasteiger partial charge on any atom is 0.338 e. The van der Waals surface area contributed by atoms with E-state index in [2.05, 4.69) is 10.3 Å². The topological polar surface area (TPSA) is 79.3 Å². The number of amides is 1. The van der Waals surface area contributed by atoms with Gasteiger partial charge in [0, 0.05) is 5.38 Å². The Morgan fingerprint density at radius 1 is 1.32 bits per heavy atom. The SMILES string of the molecule is Cc1nc(C(=O)Nc2cccc(C)c2C(=O)O)cs1. The van der Waals surface area contributed by atoms with Gasteiger partial charge in [-0.15, -0.1) is 11.3 Å². The molecule has 6 heteroatoms. The summed E-state index contributed by atoms with van der Waals surface area (Å²) in [5, 5.41) is 14.2. The quantitative estimate of drug-likeness (QED) is 0.903. The molecule has 2 N–H and O–H groups in total. The minimum Gasteiger partial charge on any atom is -0.478 e. The van der Waals surface area contributed by atoms with Crippen LogP contribution in [0.2, 0.25) is 0 Å². The van der Waals surface area contributed by atoms with Crippen molar-refractivity contribution in [2.45, 2.75) is 13.8 Å². The molecule has 1 amide bonds. The lowest BCUT2D eigenvalue weighted by Gasteiger charge is -2.09. The average molecular weight is 276 g/mol. The van der Waals surface area contributed by atoms with Crippen LogP contribution >= 0.6 is 11.3 Å². The lowest BCUT2D eigenvalue weighted by Crippen LogP contribution is -2.16. The first kappa shape index (κ1) is 13.2. The van der Waals surface area contributed by atoms with Gasteiger partial charge >= 0.3 is 5.97 Å². The molecule has 0 bridgehead atoms. The molecule has 2 aromatic rings. The van der Waals surface area contributed by atoms with E-state index in [0.717, 1.165) is 5.01 Å². The largest absolute Gasteiger partial charge is 0.478 e. The van der Waals surface area contributed by atoms with Crippen molar-refractivity contribution in [3.05, 3.63) is 45.4 Å². The highest BCUT2D eigenvalue weighted by molar-refractivity contribution is 7.09. The van der Waals surface area contributed by atoms with Crippen LogP contribution in [-0.4, -0.2) is 22.0 Å². The first-order chi connectivity index (χ1) is 8.99. The predicted molar refractivity (Wildman–Crippen MR) is 72.9 cm³/mol. The molecule has 0 aliphatic heterocycles. The Kier molecular flexibility index (Phi) is 3.62. The summed E-state index contributed by atoms with van der Waals surface area (Å²) in [7, 11) is 0. The number of aromatic carboxylic acids is 1. The Labute approximate surface area is 113 Å². The van der Waals surface area contributed by atoms with Crippen LogP contribution in [0.25, 0.3) is 0 Å². The zero-order valence-corrected chi connectivity index (χ0v) is 11.2. The standard InChI is InChI=1S/C13H12N2O3S/c1-7-4-3-5-9(11(7)13(17)18)15-12(16)10-6-19-8(2)14-10/h3-6H,1-2H3,(H,15,16)(H,17,18). The molecule has 0 saturated heterocycles. The van der Waals surface area contributed by atoms with Crippen LogP contribution in [0.5, 0.6) is 0 Å². The van der Waals surface area contributed by atoms with Crippen molar-refractivity contribution in [2.75, 3.05) is 5.32 Å². The number of rotatable bonds is 3. The van der Waals surface area contributed by atoms with Gasteiger partial charge in [-0.25, -0.2) is 9.78 Å². The third kappa shape index (κ3) is 2.79. The highest BCUT2D eigenvalue weighted by Gasteiger charge is 2.16. The second-order valence-corrected chi connectivity index (χ2v) is 5.07. The van der Waals surface area contributed by atoms with Crippen molar-refractivity contribution in [1.82, 2.24) is 4.98 Å². The molecule has 0 unspecified atom stereocenters. The highest BCUT2D eigenvalue weighted by atomic mass is 32.1. The van der Waals surface area contributed by atoms with E-state index in [1.54, 1.807) is 37.4 Å². The van der Waals surface area contributed by atoms with E-state index in [9.17, 15) is 9.59 Å². The molecule has 0 aliphatic carbocycles. The number of carboxylic acid groups (broad SMARTS) is 1. The molecule has 98 valence electrons. The number of nitrogens with zero attached hydrogens (tertiary/aromatic N) is 1. The van der Waals surface area contributed by atoms with Gasteiger partial charge in [0.1, 0.15) is 5.69 Å². The van der Waals surface area contributed by atoms with Crippen molar-refractivity contribution < 1.29 is 14.7 Å². The monoisotopic (exact) mass is 276 g/mol. The summed E-state index contributed by atoms with van der Waals surface area (Å²) in [4.78, 5) is 27.2. The van der Waals surface area contributed by atoms with Crippen LogP contribution in [0.4, 0.5) is 5.69 Å². The van der Waals surface area contributed by atoms with Crippen molar-refractivity contribution >= 4 is 28.9 Å². The number of hydrogen-bond acceptors (Lipinski definition) is 4. The van der Waals surface area contributed by atoms with Crippen LogP contribution in [0, 0.1) is 13.8 Å². The molecule has 0 aliphatic rings. The molecule has 1 heterocycles. The molecule has 1 aromatic carbocycles. The molecule has 0 saturated carbocycles. The second kappa shape index (κ2) is 5.19. The van der Waals surface area contributed by atoms with E-state index < -0.39 is 11.9 Å². The predicted octanol–water partition coefficient (Wildman–Crippen LogP) is 2.71. The van der Waals surface area contributed by atoms with Crippen molar-refractivity contribution in [3.63, 3.8) is 0 Å². The Morgan fingerprint density at radius 3 is 2.63 bits per heavy atom. The Bertz CT molecular complexity index is 649. The van der Waals surface area contributed by atoms with Crippen LogP contribution < -0.4 is 5.32 Å². The lowest BCUT2D eigenvalue weighted by molar-refractivity contribution is 0.0697. The number of nitrogens with one attached hydrogen (secondary N) is 1. The summed E-state index contributed by atoms with van der Waals surface area (Å²) >= 11 is 1.37. The lowest BCUT2D eigenvalue weighted by atomic mass is 10.1. The number of aromatic nitrogens is 1. The van der Waals surface area contributed by atoms with Gasteiger partial charge in [0.05, 0.1) is 16.3 Å². The van der Waals surface area contributed by atoms with Crippen molar-refractivity contribution in [3.8, 4) is 0 Å². The zero-order chi connectivity index (χ0) is 14.0. The number of anilines is 1. The van der Waals surface area contributed by atoms with Crippen LogP contribution in [0.15, 0.2) is 23.6 Å². The van der Waals surface area contributed by atoms with Crippen LogP contribution in [-0.2, 0) is 0 Å². The Hall–Kier alpha value is -2.21. The molecule has 5 nitrogen and oxygen atoms in total. The summed E-state index contributed by atoms with van der Waals surface area (Å²) < 4.78 is 0. The minimum absolute atomic E-state index is 0.0998. The minimum atomic E-state index is -1.07. The smallest absolute Gasteiger partial charge is 0.338 e. The average Bonchev–Trinajstić information content (AvgIpc) is 2.75. The van der Waals surface area contributed by atoms with E-state index in [1.165, 1.54) is 11.3 Å². The number of carboxylic acids is 1. The normalized spacial score (nSPS) is 10.2. The van der Waals surface area contributed by atoms with E-state index in [0.29, 0.717) is 11.3 Å².